The molecule has 0 unspecified atom stereocenters. The summed E-state index contributed by atoms with van der Waals surface area (Å²) in [6.07, 6.45) is 2.97. The Bertz CT molecular complexity index is 28.9. The summed E-state index contributed by atoms with van der Waals surface area (Å²) in [5.74, 6) is 1.07. The van der Waals surface area contributed by atoms with Crippen LogP contribution in [0.25, 0.3) is 0 Å². The fraction of sp³-hybridized carbons (Fsp3) is 1.00. The first-order valence-corrected chi connectivity index (χ1v) is 4.91. The summed E-state index contributed by atoms with van der Waals surface area (Å²) in [5.41, 5.74) is 0. The standard InChI is InChI=1S/C4H10OS2/c1-6-7-4-2-3-5/h5H,2-4H2,1H3. The Morgan fingerprint density at radius 3 is 2.71 bits per heavy atom. The van der Waals surface area contributed by atoms with Gasteiger partial charge in [-0.25, -0.2) is 0 Å². The zero-order valence-electron chi connectivity index (χ0n) is 4.39. The monoisotopic (exact) mass is 138 g/mol. The van der Waals surface area contributed by atoms with E-state index in [2.05, 4.69) is 0 Å². The van der Waals surface area contributed by atoms with Crippen LogP contribution in [0.5, 0.6) is 0 Å². The van der Waals surface area contributed by atoms with Crippen molar-refractivity contribution in [3.63, 3.8) is 0 Å². The summed E-state index contributed by atoms with van der Waals surface area (Å²) in [6, 6.07) is 0. The fourth-order valence-electron chi connectivity index (χ4n) is 0.207. The molecule has 7 heavy (non-hydrogen) atoms. The van der Waals surface area contributed by atoms with Crippen LogP contribution in [0.3, 0.4) is 0 Å². The molecule has 0 spiro atoms. The van der Waals surface area contributed by atoms with Crippen molar-refractivity contribution in [3.05, 3.63) is 0 Å². The summed E-state index contributed by atoms with van der Waals surface area (Å²) in [7, 11) is 3.54. The molecule has 0 aliphatic heterocycles. The normalized spacial score (nSPS) is 9.43. The molecule has 0 saturated heterocycles. The van der Waals surface area contributed by atoms with Crippen LogP contribution in [0.2, 0.25) is 0 Å². The molecule has 0 aliphatic carbocycles. The lowest BCUT2D eigenvalue weighted by Crippen LogP contribution is -1.82. The second-order valence-corrected chi connectivity index (χ2v) is 3.75. The van der Waals surface area contributed by atoms with Gasteiger partial charge in [-0.3, -0.25) is 0 Å². The second kappa shape index (κ2) is 6.66. The maximum absolute atomic E-state index is 8.27. The van der Waals surface area contributed by atoms with Crippen LogP contribution in [0.4, 0.5) is 0 Å². The third kappa shape index (κ3) is 6.66. The molecule has 0 aromatic carbocycles. The lowest BCUT2D eigenvalue weighted by Gasteiger charge is -1.90. The van der Waals surface area contributed by atoms with Crippen molar-refractivity contribution < 1.29 is 5.11 Å². The number of rotatable bonds is 4. The van der Waals surface area contributed by atoms with Gasteiger partial charge in [-0.05, 0) is 12.7 Å². The molecule has 44 valence electrons. The quantitative estimate of drug-likeness (QED) is 0.468. The fourth-order valence-corrected chi connectivity index (χ4v) is 1.47. The maximum Gasteiger partial charge on any atom is 0.0439 e. The van der Waals surface area contributed by atoms with Crippen LogP contribution in [0.15, 0.2) is 0 Å². The van der Waals surface area contributed by atoms with E-state index in [1.54, 1.807) is 21.6 Å². The van der Waals surface area contributed by atoms with Crippen molar-refractivity contribution in [3.8, 4) is 0 Å². The predicted molar refractivity (Wildman–Crippen MR) is 37.7 cm³/mol. The second-order valence-electron chi connectivity index (χ2n) is 1.07. The maximum atomic E-state index is 8.27. The Hall–Kier alpha value is 0.660. The molecule has 0 fully saturated rings. The summed E-state index contributed by atoms with van der Waals surface area (Å²) in [4.78, 5) is 0. The highest BCUT2D eigenvalue weighted by Crippen LogP contribution is 2.16. The van der Waals surface area contributed by atoms with E-state index in [-0.39, 0.29) is 0 Å². The molecule has 0 bridgehead atoms. The van der Waals surface area contributed by atoms with Gasteiger partial charge in [0.2, 0.25) is 0 Å². The van der Waals surface area contributed by atoms with Crippen LogP contribution < -0.4 is 0 Å². The number of aliphatic hydroxyl groups is 1. The third-order valence-electron chi connectivity index (χ3n) is 0.504. The van der Waals surface area contributed by atoms with Gasteiger partial charge in [0, 0.05) is 12.4 Å². The van der Waals surface area contributed by atoms with Gasteiger partial charge in [-0.2, -0.15) is 0 Å². The molecule has 0 amide bonds. The number of aliphatic hydroxyl groups excluding tert-OH is 1. The van der Waals surface area contributed by atoms with E-state index in [0.717, 1.165) is 12.2 Å². The lowest BCUT2D eigenvalue weighted by atomic mass is 10.5. The number of hydrogen-bond acceptors (Lipinski definition) is 3. The van der Waals surface area contributed by atoms with E-state index in [0.29, 0.717) is 6.61 Å². The van der Waals surface area contributed by atoms with Crippen molar-refractivity contribution in [2.75, 3.05) is 18.6 Å². The van der Waals surface area contributed by atoms with Crippen molar-refractivity contribution in [2.45, 2.75) is 6.42 Å². The highest BCUT2D eigenvalue weighted by molar-refractivity contribution is 8.76. The summed E-state index contributed by atoms with van der Waals surface area (Å²) >= 11 is 0. The Kier molecular flexibility index (Phi) is 7.29. The zero-order valence-corrected chi connectivity index (χ0v) is 6.02. The molecule has 0 atom stereocenters. The molecule has 3 heteroatoms. The molecule has 0 radical (unpaired) electrons. The van der Waals surface area contributed by atoms with Crippen molar-refractivity contribution in [1.29, 1.82) is 0 Å². The molecule has 0 aromatic rings. The van der Waals surface area contributed by atoms with Crippen molar-refractivity contribution in [1.82, 2.24) is 0 Å². The Morgan fingerprint density at radius 2 is 2.29 bits per heavy atom. The molecule has 0 heterocycles. The topological polar surface area (TPSA) is 20.2 Å². The molecular formula is C4H10OS2. The predicted octanol–water partition coefficient (Wildman–Crippen LogP) is 1.38. The van der Waals surface area contributed by atoms with Gasteiger partial charge < -0.3 is 5.11 Å². The largest absolute Gasteiger partial charge is 0.396 e. The Morgan fingerprint density at radius 1 is 1.57 bits per heavy atom. The third-order valence-corrected chi connectivity index (χ3v) is 2.40. The SMILES string of the molecule is CSSCCCO. The molecule has 1 N–H and O–H groups in total. The van der Waals surface area contributed by atoms with Gasteiger partial charge in [0.1, 0.15) is 0 Å². The van der Waals surface area contributed by atoms with Gasteiger partial charge in [0.05, 0.1) is 0 Å². The summed E-state index contributed by atoms with van der Waals surface area (Å²) in [5, 5.41) is 8.27. The van der Waals surface area contributed by atoms with Gasteiger partial charge in [-0.15, -0.1) is 0 Å². The zero-order chi connectivity index (χ0) is 5.54. The van der Waals surface area contributed by atoms with E-state index in [9.17, 15) is 0 Å². The van der Waals surface area contributed by atoms with E-state index < -0.39 is 0 Å². The molecule has 0 saturated carbocycles. The van der Waals surface area contributed by atoms with Crippen molar-refractivity contribution in [2.24, 2.45) is 0 Å². The Labute approximate surface area is 52.3 Å². The van der Waals surface area contributed by atoms with E-state index >= 15 is 0 Å². The van der Waals surface area contributed by atoms with Crippen molar-refractivity contribution >= 4 is 21.6 Å². The van der Waals surface area contributed by atoms with Gasteiger partial charge in [0.15, 0.2) is 0 Å². The van der Waals surface area contributed by atoms with E-state index in [1.165, 1.54) is 0 Å². The first kappa shape index (κ1) is 7.66. The molecule has 1 nitrogen and oxygen atoms in total. The van der Waals surface area contributed by atoms with Gasteiger partial charge in [0.25, 0.3) is 0 Å². The first-order valence-electron chi connectivity index (χ1n) is 2.18. The van der Waals surface area contributed by atoms with Crippen LogP contribution in [-0.4, -0.2) is 23.7 Å². The molecular weight excluding hydrogens is 128 g/mol. The minimum atomic E-state index is 0.327. The van der Waals surface area contributed by atoms with Gasteiger partial charge in [-0.1, -0.05) is 21.6 Å². The Balaban J connectivity index is 2.45. The molecule has 0 aromatic heterocycles. The van der Waals surface area contributed by atoms with Crippen LogP contribution >= 0.6 is 21.6 Å². The summed E-state index contributed by atoms with van der Waals surface area (Å²) < 4.78 is 0. The van der Waals surface area contributed by atoms with E-state index in [4.69, 9.17) is 5.11 Å². The smallest absolute Gasteiger partial charge is 0.0439 e. The van der Waals surface area contributed by atoms with Gasteiger partial charge >= 0.3 is 0 Å². The van der Waals surface area contributed by atoms with Crippen LogP contribution in [0.1, 0.15) is 6.42 Å². The average molecular weight is 138 g/mol. The lowest BCUT2D eigenvalue weighted by molar-refractivity contribution is 0.296. The van der Waals surface area contributed by atoms with E-state index in [1.807, 2.05) is 6.26 Å². The molecule has 0 rings (SSSR count). The molecule has 0 aliphatic rings. The highest BCUT2D eigenvalue weighted by Gasteiger charge is 1.81. The average Bonchev–Trinajstić information content (AvgIpc) is 1.69. The highest BCUT2D eigenvalue weighted by atomic mass is 33.1. The van der Waals surface area contributed by atoms with Crippen LogP contribution in [-0.2, 0) is 0 Å². The number of hydrogen-bond donors (Lipinski definition) is 1. The summed E-state index contributed by atoms with van der Waals surface area (Å²) in [6.45, 7) is 0.327. The first-order chi connectivity index (χ1) is 3.41. The minimum Gasteiger partial charge on any atom is -0.396 e. The van der Waals surface area contributed by atoms with Crippen LogP contribution in [0, 0.1) is 0 Å². The minimum absolute atomic E-state index is 0.327.